The maximum absolute atomic E-state index is 10.7. The Labute approximate surface area is 207 Å². The summed E-state index contributed by atoms with van der Waals surface area (Å²) in [6.07, 6.45) is -4.42. The topological polar surface area (TPSA) is 244 Å². The van der Waals surface area contributed by atoms with Crippen LogP contribution in [0.1, 0.15) is 46.0 Å². The van der Waals surface area contributed by atoms with Gasteiger partial charge in [-0.3, -0.25) is 0 Å². The standard InChI is InChI=1S/C23H48N4O8/c1-10(16(26)8-28)34-22-14(24)6-12(18(30)20(22)32)4-3-5-13-7-15(25)23(21(33)19(13)31)35-11(2)17(27)9-29/h10-23,28-33H,3-9,24-27H2,1-2H3. The molecule has 35 heavy (non-hydrogen) atoms. The summed E-state index contributed by atoms with van der Waals surface area (Å²) in [5.74, 6) is -0.504. The van der Waals surface area contributed by atoms with Gasteiger partial charge in [0.25, 0.3) is 0 Å². The van der Waals surface area contributed by atoms with E-state index in [1.54, 1.807) is 13.8 Å². The normalized spacial score (nSPS) is 41.8. The third-order valence-corrected chi connectivity index (χ3v) is 7.85. The number of aliphatic hydroxyl groups excluding tert-OH is 6. The molecule has 12 heteroatoms. The Bertz CT molecular complexity index is 572. The summed E-state index contributed by atoms with van der Waals surface area (Å²) in [6, 6.07) is -2.25. The molecule has 0 spiro atoms. The van der Waals surface area contributed by atoms with Gasteiger partial charge in [-0.25, -0.2) is 0 Å². The Morgan fingerprint density at radius 2 is 1.03 bits per heavy atom. The summed E-state index contributed by atoms with van der Waals surface area (Å²) in [5.41, 5.74) is 24.0. The molecule has 0 saturated heterocycles. The molecule has 2 aliphatic rings. The lowest BCUT2D eigenvalue weighted by atomic mass is 9.74. The lowest BCUT2D eigenvalue weighted by Crippen LogP contribution is -2.60. The van der Waals surface area contributed by atoms with Gasteiger partial charge in [0, 0.05) is 12.1 Å². The van der Waals surface area contributed by atoms with Crippen LogP contribution in [0.25, 0.3) is 0 Å². The molecule has 0 radical (unpaired) electrons. The fourth-order valence-electron chi connectivity index (χ4n) is 5.28. The molecule has 2 saturated carbocycles. The summed E-state index contributed by atoms with van der Waals surface area (Å²) in [7, 11) is 0. The van der Waals surface area contributed by atoms with Crippen molar-refractivity contribution in [2.45, 2.75) is 119 Å². The van der Waals surface area contributed by atoms with Crippen LogP contribution in [0.2, 0.25) is 0 Å². The van der Waals surface area contributed by atoms with E-state index in [1.165, 1.54) is 0 Å². The minimum absolute atomic E-state index is 0.252. The highest BCUT2D eigenvalue weighted by Crippen LogP contribution is 2.35. The molecule has 12 nitrogen and oxygen atoms in total. The summed E-state index contributed by atoms with van der Waals surface area (Å²) in [4.78, 5) is 0. The van der Waals surface area contributed by atoms with E-state index in [0.29, 0.717) is 32.1 Å². The zero-order chi connectivity index (χ0) is 26.4. The molecule has 2 fully saturated rings. The van der Waals surface area contributed by atoms with Crippen molar-refractivity contribution in [1.29, 1.82) is 0 Å². The van der Waals surface area contributed by atoms with Gasteiger partial charge in [-0.15, -0.1) is 0 Å². The Balaban J connectivity index is 1.86. The maximum Gasteiger partial charge on any atom is 0.108 e. The molecule has 0 aliphatic heterocycles. The molecular weight excluding hydrogens is 460 g/mol. The second-order valence-electron chi connectivity index (χ2n) is 10.5. The maximum atomic E-state index is 10.7. The lowest BCUT2D eigenvalue weighted by Gasteiger charge is -2.44. The zero-order valence-corrected chi connectivity index (χ0v) is 20.8. The van der Waals surface area contributed by atoms with Crippen molar-refractivity contribution in [3.05, 3.63) is 0 Å². The lowest BCUT2D eigenvalue weighted by molar-refractivity contribution is -0.165. The monoisotopic (exact) mass is 508 g/mol. The molecule has 14 N–H and O–H groups in total. The Morgan fingerprint density at radius 1 is 0.686 bits per heavy atom. The van der Waals surface area contributed by atoms with E-state index >= 15 is 0 Å². The first-order chi connectivity index (χ1) is 16.4. The molecule has 208 valence electrons. The van der Waals surface area contributed by atoms with Crippen LogP contribution < -0.4 is 22.9 Å². The van der Waals surface area contributed by atoms with Gasteiger partial charge < -0.3 is 63.0 Å². The molecule has 14 unspecified atom stereocenters. The molecule has 2 rings (SSSR count). The fourth-order valence-corrected chi connectivity index (χ4v) is 5.28. The largest absolute Gasteiger partial charge is 0.395 e. The molecule has 2 aliphatic carbocycles. The predicted octanol–water partition coefficient (Wildman–Crippen LogP) is -3.52. The molecule has 0 heterocycles. The number of hydrogen-bond donors (Lipinski definition) is 10. The van der Waals surface area contributed by atoms with Gasteiger partial charge in [-0.2, -0.15) is 0 Å². The van der Waals surface area contributed by atoms with Crippen LogP contribution in [-0.4, -0.2) is 117 Å². The van der Waals surface area contributed by atoms with E-state index in [4.69, 9.17) is 32.4 Å². The highest BCUT2D eigenvalue weighted by Gasteiger charge is 2.45. The average molecular weight is 509 g/mol. The van der Waals surface area contributed by atoms with E-state index in [9.17, 15) is 30.6 Å². The van der Waals surface area contributed by atoms with E-state index in [2.05, 4.69) is 0 Å². The molecule has 0 amide bonds. The van der Waals surface area contributed by atoms with Gasteiger partial charge in [0.2, 0.25) is 0 Å². The summed E-state index contributed by atoms with van der Waals surface area (Å²) >= 11 is 0. The van der Waals surface area contributed by atoms with Crippen LogP contribution >= 0.6 is 0 Å². The van der Waals surface area contributed by atoms with E-state index in [0.717, 1.165) is 0 Å². The van der Waals surface area contributed by atoms with Crippen molar-refractivity contribution in [2.75, 3.05) is 13.2 Å². The first-order valence-electron chi connectivity index (χ1n) is 12.7. The summed E-state index contributed by atoms with van der Waals surface area (Å²) in [6.45, 7) is 2.84. The predicted molar refractivity (Wildman–Crippen MR) is 129 cm³/mol. The van der Waals surface area contributed by atoms with Crippen molar-refractivity contribution in [1.82, 2.24) is 0 Å². The highest BCUT2D eigenvalue weighted by atomic mass is 16.5. The quantitative estimate of drug-likeness (QED) is 0.123. The van der Waals surface area contributed by atoms with Crippen molar-refractivity contribution in [3.63, 3.8) is 0 Å². The number of ether oxygens (including phenoxy) is 2. The van der Waals surface area contributed by atoms with Gasteiger partial charge in [-0.1, -0.05) is 6.42 Å². The zero-order valence-electron chi connectivity index (χ0n) is 20.8. The number of rotatable bonds is 12. The molecule has 14 atom stereocenters. The van der Waals surface area contributed by atoms with E-state index < -0.39 is 73.0 Å². The number of nitrogens with two attached hydrogens (primary N) is 4. The van der Waals surface area contributed by atoms with E-state index in [-0.39, 0.29) is 25.0 Å². The minimum Gasteiger partial charge on any atom is -0.395 e. The van der Waals surface area contributed by atoms with Crippen molar-refractivity contribution in [2.24, 2.45) is 34.8 Å². The van der Waals surface area contributed by atoms with Crippen molar-refractivity contribution < 1.29 is 40.1 Å². The van der Waals surface area contributed by atoms with Crippen LogP contribution in [-0.2, 0) is 9.47 Å². The van der Waals surface area contributed by atoms with Gasteiger partial charge in [0.15, 0.2) is 0 Å². The Morgan fingerprint density at radius 3 is 1.34 bits per heavy atom. The smallest absolute Gasteiger partial charge is 0.108 e. The van der Waals surface area contributed by atoms with Gasteiger partial charge in [0.05, 0.1) is 49.7 Å². The molecular formula is C23H48N4O8. The third kappa shape index (κ3) is 7.76. The van der Waals surface area contributed by atoms with Crippen molar-refractivity contribution >= 4 is 0 Å². The van der Waals surface area contributed by atoms with Crippen LogP contribution in [0.4, 0.5) is 0 Å². The molecule has 0 aromatic carbocycles. The minimum atomic E-state index is -1.18. The van der Waals surface area contributed by atoms with Crippen molar-refractivity contribution in [3.8, 4) is 0 Å². The van der Waals surface area contributed by atoms with Gasteiger partial charge in [0.1, 0.15) is 24.4 Å². The third-order valence-electron chi connectivity index (χ3n) is 7.85. The Hall–Kier alpha value is -0.480. The van der Waals surface area contributed by atoms with E-state index in [1.807, 2.05) is 0 Å². The molecule has 0 bridgehead atoms. The second-order valence-corrected chi connectivity index (χ2v) is 10.5. The SMILES string of the molecule is CC(OC1C(N)CC(CCCC2CC(N)C(OC(C)C(N)CO)C(O)C2O)C(O)C1O)C(N)CO. The summed E-state index contributed by atoms with van der Waals surface area (Å²) < 4.78 is 11.5. The van der Waals surface area contributed by atoms with Crippen LogP contribution in [0.15, 0.2) is 0 Å². The second kappa shape index (κ2) is 13.9. The Kier molecular flexibility index (Phi) is 12.2. The summed E-state index contributed by atoms with van der Waals surface area (Å²) in [5, 5.41) is 60.9. The molecule has 0 aromatic rings. The number of aliphatic hydroxyl groups is 6. The van der Waals surface area contributed by atoms with Crippen LogP contribution in [0.3, 0.4) is 0 Å². The van der Waals surface area contributed by atoms with Crippen LogP contribution in [0.5, 0.6) is 0 Å². The first kappa shape index (κ1) is 30.7. The molecule has 0 aromatic heterocycles. The van der Waals surface area contributed by atoms with Crippen LogP contribution in [0, 0.1) is 11.8 Å². The number of hydrogen-bond acceptors (Lipinski definition) is 12. The average Bonchev–Trinajstić information content (AvgIpc) is 2.83. The van der Waals surface area contributed by atoms with Gasteiger partial charge in [-0.05, 0) is 51.4 Å². The van der Waals surface area contributed by atoms with Gasteiger partial charge >= 0.3 is 0 Å². The fraction of sp³-hybridized carbons (Fsp3) is 1.00. The first-order valence-corrected chi connectivity index (χ1v) is 12.7. The highest BCUT2D eigenvalue weighted by molar-refractivity contribution is 4.98.